The summed E-state index contributed by atoms with van der Waals surface area (Å²) in [4.78, 5) is 23.0. The van der Waals surface area contributed by atoms with Crippen LogP contribution in [0.25, 0.3) is 0 Å². The Morgan fingerprint density at radius 1 is 0.508 bits per heavy atom. The van der Waals surface area contributed by atoms with Crippen LogP contribution in [0.15, 0.2) is 48.6 Å². The zero-order chi connectivity index (χ0) is 46.2. The molecule has 370 valence electrons. The first-order valence-corrected chi connectivity index (χ1v) is 27.9. The Morgan fingerprint density at radius 2 is 0.921 bits per heavy atom. The monoisotopic (exact) mass is 909 g/mol. The number of ether oxygens (including phenoxy) is 2. The molecule has 0 heterocycles. The van der Waals surface area contributed by atoms with Gasteiger partial charge in [-0.3, -0.25) is 13.8 Å². The predicted octanol–water partition coefficient (Wildman–Crippen LogP) is 16.3. The summed E-state index contributed by atoms with van der Waals surface area (Å²) in [5, 5.41) is 0. The van der Waals surface area contributed by atoms with E-state index in [9.17, 15) is 14.3 Å². The molecule has 0 rings (SSSR count). The summed E-state index contributed by atoms with van der Waals surface area (Å²) in [5.41, 5.74) is 0. The molecule has 0 spiro atoms. The number of nitrogens with zero attached hydrogens (tertiary/aromatic N) is 1. The van der Waals surface area contributed by atoms with Gasteiger partial charge in [-0.05, 0) is 51.4 Å². The number of allylic oxidation sites excluding steroid dienone is 8. The number of likely N-dealkylation sites (N-methyl/N-ethyl adjacent to an activating group) is 1. The number of phosphoric acid groups is 1. The van der Waals surface area contributed by atoms with Crippen LogP contribution in [0.5, 0.6) is 0 Å². The Labute approximate surface area is 390 Å². The average Bonchev–Trinajstić information content (AvgIpc) is 3.24. The summed E-state index contributed by atoms with van der Waals surface area (Å²) in [5.74, 6) is -0.324. The van der Waals surface area contributed by atoms with Gasteiger partial charge in [-0.1, -0.05) is 223 Å². The van der Waals surface area contributed by atoms with E-state index in [-0.39, 0.29) is 25.8 Å². The third kappa shape index (κ3) is 51.3. The van der Waals surface area contributed by atoms with E-state index < -0.39 is 13.9 Å². The number of rotatable bonds is 49. The molecule has 0 amide bonds. The van der Waals surface area contributed by atoms with Crippen molar-refractivity contribution in [3.05, 3.63) is 48.6 Å². The van der Waals surface area contributed by atoms with E-state index in [1.54, 1.807) is 0 Å². The zero-order valence-electron chi connectivity index (χ0n) is 42.1. The van der Waals surface area contributed by atoms with Crippen molar-refractivity contribution in [3.63, 3.8) is 0 Å². The molecule has 0 saturated heterocycles. The maximum absolute atomic E-state index is 12.8. The Morgan fingerprint density at radius 3 is 1.38 bits per heavy atom. The van der Waals surface area contributed by atoms with Crippen molar-refractivity contribution in [2.24, 2.45) is 0 Å². The lowest BCUT2D eigenvalue weighted by molar-refractivity contribution is -0.870. The molecule has 0 aliphatic rings. The van der Waals surface area contributed by atoms with Crippen LogP contribution in [0.1, 0.15) is 232 Å². The number of carbonyl (C=O) groups is 1. The molecule has 0 aliphatic carbocycles. The third-order valence-corrected chi connectivity index (χ3v) is 12.4. The molecular weight excluding hydrogens is 806 g/mol. The van der Waals surface area contributed by atoms with Crippen LogP contribution in [0.4, 0.5) is 0 Å². The highest BCUT2D eigenvalue weighted by Gasteiger charge is 2.26. The van der Waals surface area contributed by atoms with Crippen LogP contribution in [0.3, 0.4) is 0 Å². The van der Waals surface area contributed by atoms with E-state index in [2.05, 4.69) is 62.5 Å². The maximum atomic E-state index is 12.8. The molecule has 0 bridgehead atoms. The van der Waals surface area contributed by atoms with Gasteiger partial charge < -0.3 is 18.9 Å². The first-order valence-electron chi connectivity index (χ1n) is 26.4. The second kappa shape index (κ2) is 47.0. The van der Waals surface area contributed by atoms with Crippen molar-refractivity contribution in [1.29, 1.82) is 0 Å². The Bertz CT molecular complexity index is 1150. The topological polar surface area (TPSA) is 91.3 Å². The molecule has 0 aromatic carbocycles. The van der Waals surface area contributed by atoms with E-state index in [0.29, 0.717) is 24.1 Å². The van der Waals surface area contributed by atoms with E-state index >= 15 is 0 Å². The van der Waals surface area contributed by atoms with Crippen LogP contribution in [-0.4, -0.2) is 75.6 Å². The van der Waals surface area contributed by atoms with Crippen molar-refractivity contribution < 1.29 is 37.3 Å². The third-order valence-electron chi connectivity index (χ3n) is 11.4. The summed E-state index contributed by atoms with van der Waals surface area (Å²) in [7, 11) is 1.66. The summed E-state index contributed by atoms with van der Waals surface area (Å²) < 4.78 is 35.2. The summed E-state index contributed by atoms with van der Waals surface area (Å²) in [6.45, 7) is 5.53. The maximum Gasteiger partial charge on any atom is 0.472 e. The Kier molecular flexibility index (Phi) is 45.8. The second-order valence-corrected chi connectivity index (χ2v) is 20.3. The molecule has 9 heteroatoms. The quantitative estimate of drug-likeness (QED) is 0.0214. The minimum absolute atomic E-state index is 0.0855. The molecule has 2 unspecified atom stereocenters. The van der Waals surface area contributed by atoms with Crippen LogP contribution in [-0.2, 0) is 27.9 Å². The van der Waals surface area contributed by atoms with E-state index in [4.69, 9.17) is 18.5 Å². The highest BCUT2D eigenvalue weighted by atomic mass is 31.2. The Hall–Kier alpha value is -1.54. The lowest BCUT2D eigenvalue weighted by Crippen LogP contribution is -2.37. The predicted molar refractivity (Wildman–Crippen MR) is 270 cm³/mol. The van der Waals surface area contributed by atoms with Crippen LogP contribution in [0, 0.1) is 0 Å². The van der Waals surface area contributed by atoms with Crippen molar-refractivity contribution in [2.45, 2.75) is 238 Å². The summed E-state index contributed by atoms with van der Waals surface area (Å²) >= 11 is 0. The van der Waals surface area contributed by atoms with E-state index in [1.807, 2.05) is 21.1 Å². The summed E-state index contributed by atoms with van der Waals surface area (Å²) in [6.07, 6.45) is 58.8. The van der Waals surface area contributed by atoms with Crippen LogP contribution >= 0.6 is 7.82 Å². The number of carbonyl (C=O) groups excluding carboxylic acids is 1. The fraction of sp³-hybridized carbons (Fsp3) is 0.833. The van der Waals surface area contributed by atoms with Gasteiger partial charge in [-0.2, -0.15) is 0 Å². The Balaban J connectivity index is 4.12. The molecule has 0 saturated carbocycles. The first-order chi connectivity index (χ1) is 30.6. The van der Waals surface area contributed by atoms with E-state index in [0.717, 1.165) is 70.6 Å². The van der Waals surface area contributed by atoms with Gasteiger partial charge in [0.2, 0.25) is 0 Å². The largest absolute Gasteiger partial charge is 0.472 e. The van der Waals surface area contributed by atoms with E-state index in [1.165, 1.54) is 141 Å². The molecule has 63 heavy (non-hydrogen) atoms. The number of hydrogen-bond acceptors (Lipinski definition) is 6. The number of esters is 1. The van der Waals surface area contributed by atoms with Crippen molar-refractivity contribution in [1.82, 2.24) is 0 Å². The minimum atomic E-state index is -4.29. The molecule has 0 aliphatic heterocycles. The minimum Gasteiger partial charge on any atom is -0.457 e. The van der Waals surface area contributed by atoms with Crippen LogP contribution in [0.2, 0.25) is 0 Å². The highest BCUT2D eigenvalue weighted by molar-refractivity contribution is 7.47. The van der Waals surface area contributed by atoms with Gasteiger partial charge in [0.15, 0.2) is 0 Å². The molecule has 8 nitrogen and oxygen atoms in total. The van der Waals surface area contributed by atoms with Gasteiger partial charge in [0.05, 0.1) is 34.4 Å². The van der Waals surface area contributed by atoms with Crippen molar-refractivity contribution >= 4 is 13.8 Å². The second-order valence-electron chi connectivity index (χ2n) is 18.9. The SMILES string of the molecule is CC/C=C\C/C=C\C/C=C\C/C=C\CCCCCCCCC(=O)OC(COCCCCCCCCCCCCCCCCCCCCCCCC)COP(=O)(O)OCC[N+](C)(C)C. The first kappa shape index (κ1) is 61.5. The van der Waals surface area contributed by atoms with Gasteiger partial charge in [0, 0.05) is 13.0 Å². The fourth-order valence-corrected chi connectivity index (χ4v) is 8.11. The molecule has 0 fully saturated rings. The van der Waals surface area contributed by atoms with Gasteiger partial charge in [-0.25, -0.2) is 4.57 Å². The molecular formula is C54H103NO7P+. The summed E-state index contributed by atoms with van der Waals surface area (Å²) in [6, 6.07) is 0. The zero-order valence-corrected chi connectivity index (χ0v) is 43.0. The van der Waals surface area contributed by atoms with Gasteiger partial charge in [0.25, 0.3) is 0 Å². The van der Waals surface area contributed by atoms with Gasteiger partial charge >= 0.3 is 13.8 Å². The normalized spacial score (nSPS) is 13.9. The number of hydrogen-bond donors (Lipinski definition) is 1. The number of phosphoric ester groups is 1. The molecule has 1 N–H and O–H groups in total. The van der Waals surface area contributed by atoms with Crippen LogP contribution < -0.4 is 0 Å². The molecule has 0 aromatic heterocycles. The standard InChI is InChI=1S/C54H102NO7P/c1-6-8-10-12-14-16-18-20-22-24-26-27-28-30-32-34-36-38-40-42-44-46-49-59-51-53(52-61-63(57,58)60-50-48-55(3,4)5)62-54(56)47-45-43-41-39-37-35-33-31-29-25-23-21-19-17-15-13-11-9-7-2/h9,11,15,17,21,23,29,31,53H,6-8,10,12-14,16,18-20,22,24-28,30,32-52H2,1-5H3/p+1/b11-9-,17-15-,23-21-,31-29-. The van der Waals surface area contributed by atoms with Crippen molar-refractivity contribution in [3.8, 4) is 0 Å². The molecule has 2 atom stereocenters. The van der Waals surface area contributed by atoms with Gasteiger partial charge in [-0.15, -0.1) is 0 Å². The smallest absolute Gasteiger partial charge is 0.457 e. The van der Waals surface area contributed by atoms with Crippen molar-refractivity contribution in [2.75, 3.05) is 54.1 Å². The number of unbranched alkanes of at least 4 members (excludes halogenated alkanes) is 27. The average molecular weight is 909 g/mol. The number of quaternary nitrogens is 1. The highest BCUT2D eigenvalue weighted by Crippen LogP contribution is 2.43. The molecule has 0 radical (unpaired) electrons. The lowest BCUT2D eigenvalue weighted by Gasteiger charge is -2.24. The lowest BCUT2D eigenvalue weighted by atomic mass is 10.0. The fourth-order valence-electron chi connectivity index (χ4n) is 7.37. The molecule has 0 aromatic rings. The van der Waals surface area contributed by atoms with Gasteiger partial charge in [0.1, 0.15) is 19.3 Å².